The van der Waals surface area contributed by atoms with Crippen LogP contribution >= 0.6 is 0 Å². The molecule has 4 rings (SSSR count). The van der Waals surface area contributed by atoms with E-state index in [2.05, 4.69) is 30.1 Å². The highest BCUT2D eigenvalue weighted by atomic mass is 19.4. The minimum atomic E-state index is -5.54. The molecule has 0 aliphatic carbocycles. The summed E-state index contributed by atoms with van der Waals surface area (Å²) in [6.07, 6.45) is -11.1. The number of carboxylic acids is 1. The van der Waals surface area contributed by atoms with E-state index in [1.54, 1.807) is 4.90 Å². The lowest BCUT2D eigenvalue weighted by molar-refractivity contribution is -0.293. The summed E-state index contributed by atoms with van der Waals surface area (Å²) in [6.45, 7) is 6.95. The molecule has 0 radical (unpaired) electrons. The number of halogens is 6. The highest BCUT2D eigenvalue weighted by Crippen LogP contribution is 2.48. The number of benzene rings is 1. The van der Waals surface area contributed by atoms with E-state index >= 15 is 0 Å². The van der Waals surface area contributed by atoms with E-state index in [1.807, 2.05) is 12.1 Å². The van der Waals surface area contributed by atoms with Crippen LogP contribution in [0, 0.1) is 17.8 Å². The van der Waals surface area contributed by atoms with Crippen LogP contribution in [0.25, 0.3) is 0 Å². The zero-order valence-electron chi connectivity index (χ0n) is 20.1. The van der Waals surface area contributed by atoms with Crippen molar-refractivity contribution < 1.29 is 41.0 Å². The first-order chi connectivity index (χ1) is 16.8. The van der Waals surface area contributed by atoms with Gasteiger partial charge in [-0.15, -0.1) is 0 Å². The molecule has 36 heavy (non-hydrogen) atoms. The molecule has 3 aliphatic rings. The molecular formula is C24H31F6N3O3. The van der Waals surface area contributed by atoms with Crippen molar-refractivity contribution in [3.63, 3.8) is 0 Å². The maximum atomic E-state index is 13.5. The molecule has 0 spiro atoms. The van der Waals surface area contributed by atoms with E-state index in [-0.39, 0.29) is 19.0 Å². The molecule has 1 aromatic carbocycles. The van der Waals surface area contributed by atoms with E-state index in [4.69, 9.17) is 4.74 Å². The summed E-state index contributed by atoms with van der Waals surface area (Å²) in [5.41, 5.74) is 2.99. The highest BCUT2D eigenvalue weighted by Gasteiger charge is 2.66. The molecule has 3 heterocycles. The Morgan fingerprint density at radius 3 is 2.25 bits per heavy atom. The Morgan fingerprint density at radius 1 is 1.08 bits per heavy atom. The van der Waals surface area contributed by atoms with Crippen molar-refractivity contribution in [2.24, 2.45) is 17.8 Å². The predicted octanol–water partition coefficient (Wildman–Crippen LogP) is 3.86. The third kappa shape index (κ3) is 5.45. The third-order valence-corrected chi connectivity index (χ3v) is 7.60. The minimum absolute atomic E-state index is 0.0523. The second-order valence-corrected chi connectivity index (χ2v) is 10.2. The Balaban J connectivity index is 1.60. The second-order valence-electron chi connectivity index (χ2n) is 10.2. The van der Waals surface area contributed by atoms with Gasteiger partial charge in [0.05, 0.1) is 13.2 Å². The number of likely N-dealkylation sites (tertiary alicyclic amines) is 1. The number of fused-ring (bicyclic) bond motifs is 1. The molecule has 6 nitrogen and oxygen atoms in total. The monoisotopic (exact) mass is 523 g/mol. The van der Waals surface area contributed by atoms with Crippen molar-refractivity contribution in [1.82, 2.24) is 10.2 Å². The van der Waals surface area contributed by atoms with Crippen LogP contribution in [0.1, 0.15) is 30.9 Å². The fraction of sp³-hybridized carbons (Fsp3) is 0.708. The quantitative estimate of drug-likeness (QED) is 0.553. The fourth-order valence-electron chi connectivity index (χ4n) is 5.86. The van der Waals surface area contributed by atoms with Gasteiger partial charge in [-0.05, 0) is 29.0 Å². The van der Waals surface area contributed by atoms with Crippen LogP contribution in [0.2, 0.25) is 0 Å². The summed E-state index contributed by atoms with van der Waals surface area (Å²) < 4.78 is 86.6. The number of anilines is 1. The van der Waals surface area contributed by atoms with Gasteiger partial charge in [-0.1, -0.05) is 26.0 Å². The van der Waals surface area contributed by atoms with Crippen LogP contribution in [0.15, 0.2) is 18.2 Å². The van der Waals surface area contributed by atoms with Gasteiger partial charge < -0.3 is 20.1 Å². The van der Waals surface area contributed by atoms with Gasteiger partial charge in [-0.3, -0.25) is 9.69 Å². The zero-order valence-corrected chi connectivity index (χ0v) is 20.1. The molecule has 12 heteroatoms. The van der Waals surface area contributed by atoms with E-state index in [9.17, 15) is 36.2 Å². The van der Waals surface area contributed by atoms with Crippen LogP contribution in [0.4, 0.5) is 32.0 Å². The summed E-state index contributed by atoms with van der Waals surface area (Å²) in [5, 5.41) is 11.8. The molecule has 3 saturated heterocycles. The van der Waals surface area contributed by atoms with Gasteiger partial charge in [-0.2, -0.15) is 26.3 Å². The highest BCUT2D eigenvalue weighted by molar-refractivity contribution is 5.74. The fourth-order valence-corrected chi connectivity index (χ4v) is 5.86. The molecule has 0 saturated carbocycles. The number of hydrogen-bond acceptors (Lipinski definition) is 5. The van der Waals surface area contributed by atoms with Gasteiger partial charge >= 0.3 is 18.3 Å². The zero-order chi connectivity index (χ0) is 26.4. The van der Waals surface area contributed by atoms with Crippen LogP contribution in [0.3, 0.4) is 0 Å². The Labute approximate surface area is 205 Å². The van der Waals surface area contributed by atoms with Gasteiger partial charge in [0, 0.05) is 50.4 Å². The van der Waals surface area contributed by atoms with Crippen LogP contribution < -0.4 is 10.2 Å². The topological polar surface area (TPSA) is 65.0 Å². The lowest BCUT2D eigenvalue weighted by Crippen LogP contribution is -2.53. The van der Waals surface area contributed by atoms with Crippen LogP contribution in [0.5, 0.6) is 0 Å². The number of hydrogen-bond donors (Lipinski definition) is 2. The SMILES string of the molecule is CC(C)c1ccc(CN2CC3C(C(=O)O)NC(C(C(F)(F)F)C(F)(F)F)C3C2)c(N2CCOCC2)c1. The maximum absolute atomic E-state index is 13.5. The Hall–Kier alpha value is -2.05. The van der Waals surface area contributed by atoms with Gasteiger partial charge in [0.25, 0.3) is 0 Å². The molecule has 3 aliphatic heterocycles. The number of nitrogens with one attached hydrogen (secondary N) is 1. The van der Waals surface area contributed by atoms with Crippen molar-refractivity contribution in [2.75, 3.05) is 44.3 Å². The van der Waals surface area contributed by atoms with E-state index < -0.39 is 48.2 Å². The van der Waals surface area contributed by atoms with Crippen molar-refractivity contribution in [2.45, 2.75) is 50.7 Å². The Morgan fingerprint density at radius 2 is 1.69 bits per heavy atom. The van der Waals surface area contributed by atoms with Gasteiger partial charge in [-0.25, -0.2) is 0 Å². The van der Waals surface area contributed by atoms with Gasteiger partial charge in [0.1, 0.15) is 6.04 Å². The summed E-state index contributed by atoms with van der Waals surface area (Å²) in [7, 11) is 0. The van der Waals surface area contributed by atoms with Gasteiger partial charge in [0.2, 0.25) is 0 Å². The standard InChI is InChI=1S/C24H31F6N3O3/c1-13(2)14-3-4-15(18(9-14)33-5-7-36-8-6-33)10-32-11-16-17(12-32)20(22(34)35)31-19(16)21(23(25,26)27)24(28,29)30/h3-4,9,13,16-17,19-21,31H,5-8,10-12H2,1-2H3,(H,34,35). The van der Waals surface area contributed by atoms with Crippen molar-refractivity contribution in [3.05, 3.63) is 29.3 Å². The van der Waals surface area contributed by atoms with E-state index in [0.29, 0.717) is 32.8 Å². The largest absolute Gasteiger partial charge is 0.480 e. The van der Waals surface area contributed by atoms with E-state index in [1.165, 1.54) is 0 Å². The number of rotatable bonds is 6. The molecule has 0 bridgehead atoms. The minimum Gasteiger partial charge on any atom is -0.480 e. The molecular weight excluding hydrogens is 492 g/mol. The number of alkyl halides is 6. The smallest absolute Gasteiger partial charge is 0.402 e. The first kappa shape index (κ1) is 27.0. The molecule has 0 aromatic heterocycles. The number of ether oxygens (including phenoxy) is 1. The molecule has 0 amide bonds. The van der Waals surface area contributed by atoms with Crippen molar-refractivity contribution in [3.8, 4) is 0 Å². The predicted molar refractivity (Wildman–Crippen MR) is 120 cm³/mol. The first-order valence-corrected chi connectivity index (χ1v) is 12.1. The van der Waals surface area contributed by atoms with Gasteiger partial charge in [0.15, 0.2) is 5.92 Å². The number of carbonyl (C=O) groups is 1. The summed E-state index contributed by atoms with van der Waals surface area (Å²) in [4.78, 5) is 15.7. The molecule has 2 N–H and O–H groups in total. The number of aliphatic carboxylic acids is 1. The Kier molecular flexibility index (Phi) is 7.51. The summed E-state index contributed by atoms with van der Waals surface area (Å²) in [5.74, 6) is -6.75. The second kappa shape index (κ2) is 10.0. The molecule has 3 fully saturated rings. The van der Waals surface area contributed by atoms with Crippen molar-refractivity contribution >= 4 is 11.7 Å². The molecule has 1 aromatic rings. The van der Waals surface area contributed by atoms with Crippen LogP contribution in [-0.2, 0) is 16.1 Å². The van der Waals surface area contributed by atoms with Crippen LogP contribution in [-0.4, -0.2) is 79.8 Å². The summed E-state index contributed by atoms with van der Waals surface area (Å²) >= 11 is 0. The Bertz CT molecular complexity index is 934. The lowest BCUT2D eigenvalue weighted by Gasteiger charge is -2.33. The third-order valence-electron chi connectivity index (χ3n) is 7.60. The number of carboxylic acid groups (broad SMARTS) is 1. The average Bonchev–Trinajstić information content (AvgIpc) is 3.32. The molecule has 4 unspecified atom stereocenters. The lowest BCUT2D eigenvalue weighted by atomic mass is 9.84. The summed E-state index contributed by atoms with van der Waals surface area (Å²) in [6, 6.07) is 2.49. The first-order valence-electron chi connectivity index (χ1n) is 12.1. The normalized spacial score (nSPS) is 27.8. The van der Waals surface area contributed by atoms with E-state index in [0.717, 1.165) is 16.8 Å². The number of morpholine rings is 1. The maximum Gasteiger partial charge on any atom is 0.402 e. The average molecular weight is 524 g/mol. The van der Waals surface area contributed by atoms with Crippen molar-refractivity contribution in [1.29, 1.82) is 0 Å². The number of nitrogens with zero attached hydrogens (tertiary/aromatic N) is 2. The molecule has 4 atom stereocenters. The molecule has 202 valence electrons.